The summed E-state index contributed by atoms with van der Waals surface area (Å²) in [6.45, 7) is 5.72. The van der Waals surface area contributed by atoms with Gasteiger partial charge in [0.25, 0.3) is 0 Å². The van der Waals surface area contributed by atoms with Crippen LogP contribution in [0.5, 0.6) is 0 Å². The highest BCUT2D eigenvalue weighted by Crippen LogP contribution is 2.25. The summed E-state index contributed by atoms with van der Waals surface area (Å²) in [5, 5.41) is 0. The molecular formula is C17H22FNO2. The van der Waals surface area contributed by atoms with Crippen LogP contribution in [-0.4, -0.2) is 29.7 Å². The van der Waals surface area contributed by atoms with E-state index in [-0.39, 0.29) is 17.5 Å². The van der Waals surface area contributed by atoms with Gasteiger partial charge >= 0.3 is 0 Å². The van der Waals surface area contributed by atoms with Crippen molar-refractivity contribution >= 4 is 11.7 Å². The van der Waals surface area contributed by atoms with Crippen molar-refractivity contribution in [1.29, 1.82) is 0 Å². The molecule has 4 heteroatoms. The highest BCUT2D eigenvalue weighted by molar-refractivity contribution is 5.96. The van der Waals surface area contributed by atoms with Gasteiger partial charge < -0.3 is 4.90 Å². The summed E-state index contributed by atoms with van der Waals surface area (Å²) in [4.78, 5) is 25.7. The maximum absolute atomic E-state index is 12.8. The maximum Gasteiger partial charge on any atom is 0.222 e. The summed E-state index contributed by atoms with van der Waals surface area (Å²) in [5.41, 5.74) is 0.532. The fraction of sp³-hybridized carbons (Fsp3) is 0.529. The van der Waals surface area contributed by atoms with Crippen LogP contribution >= 0.6 is 0 Å². The van der Waals surface area contributed by atoms with Gasteiger partial charge in [-0.05, 0) is 42.5 Å². The van der Waals surface area contributed by atoms with Gasteiger partial charge in [0.05, 0.1) is 0 Å². The number of ketones is 1. The Kier molecular flexibility index (Phi) is 5.10. The Morgan fingerprint density at radius 2 is 2.00 bits per heavy atom. The molecule has 0 N–H and O–H groups in total. The van der Waals surface area contributed by atoms with Crippen molar-refractivity contribution in [3.8, 4) is 0 Å². The van der Waals surface area contributed by atoms with E-state index in [4.69, 9.17) is 0 Å². The van der Waals surface area contributed by atoms with Gasteiger partial charge in [0, 0.05) is 31.5 Å². The van der Waals surface area contributed by atoms with E-state index < -0.39 is 0 Å². The van der Waals surface area contributed by atoms with Crippen LogP contribution in [0.25, 0.3) is 0 Å². The minimum atomic E-state index is -0.339. The first kappa shape index (κ1) is 15.7. The smallest absolute Gasteiger partial charge is 0.222 e. The van der Waals surface area contributed by atoms with Gasteiger partial charge in [-0.3, -0.25) is 9.59 Å². The molecule has 3 nitrogen and oxygen atoms in total. The summed E-state index contributed by atoms with van der Waals surface area (Å²) in [5.74, 6) is 0.809. The molecule has 0 radical (unpaired) electrons. The van der Waals surface area contributed by atoms with E-state index in [1.165, 1.54) is 24.3 Å². The molecule has 1 saturated heterocycles. The Morgan fingerprint density at radius 3 is 2.57 bits per heavy atom. The zero-order valence-electron chi connectivity index (χ0n) is 12.6. The number of carbonyl (C=O) groups is 2. The van der Waals surface area contributed by atoms with Crippen molar-refractivity contribution in [3.05, 3.63) is 35.6 Å². The lowest BCUT2D eigenvalue weighted by atomic mass is 9.95. The molecule has 114 valence electrons. The van der Waals surface area contributed by atoms with E-state index in [0.717, 1.165) is 6.54 Å². The third kappa shape index (κ3) is 4.13. The van der Waals surface area contributed by atoms with Crippen molar-refractivity contribution in [2.45, 2.75) is 33.1 Å². The normalized spacial score (nSPS) is 18.6. The molecule has 21 heavy (non-hydrogen) atoms. The zero-order chi connectivity index (χ0) is 15.4. The summed E-state index contributed by atoms with van der Waals surface area (Å²) in [7, 11) is 0. The molecule has 0 saturated carbocycles. The fourth-order valence-electron chi connectivity index (χ4n) is 2.68. The van der Waals surface area contributed by atoms with E-state index in [2.05, 4.69) is 13.8 Å². The largest absolute Gasteiger partial charge is 0.342 e. The van der Waals surface area contributed by atoms with E-state index in [9.17, 15) is 14.0 Å². The highest BCUT2D eigenvalue weighted by Gasteiger charge is 2.30. The maximum atomic E-state index is 12.8. The van der Waals surface area contributed by atoms with Crippen LogP contribution in [0, 0.1) is 17.7 Å². The Bertz CT molecular complexity index is 510. The minimum absolute atomic E-state index is 0.00190. The number of hydrogen-bond donors (Lipinski definition) is 0. The molecule has 0 aliphatic carbocycles. The van der Waals surface area contributed by atoms with Gasteiger partial charge in [0.1, 0.15) is 5.82 Å². The second kappa shape index (κ2) is 6.83. The quantitative estimate of drug-likeness (QED) is 0.754. The van der Waals surface area contributed by atoms with E-state index >= 15 is 0 Å². The molecule has 1 aromatic carbocycles. The van der Waals surface area contributed by atoms with Gasteiger partial charge in [-0.25, -0.2) is 4.39 Å². The first-order valence-corrected chi connectivity index (χ1v) is 7.54. The molecule has 2 rings (SSSR count). The van der Waals surface area contributed by atoms with Crippen LogP contribution < -0.4 is 0 Å². The molecule has 0 spiro atoms. The second-order valence-corrected chi connectivity index (χ2v) is 6.08. The van der Waals surface area contributed by atoms with Crippen molar-refractivity contribution in [3.63, 3.8) is 0 Å². The van der Waals surface area contributed by atoms with Gasteiger partial charge in [-0.15, -0.1) is 0 Å². The number of likely N-dealkylation sites (tertiary alicyclic amines) is 1. The highest BCUT2D eigenvalue weighted by atomic mass is 19.1. The average molecular weight is 291 g/mol. The van der Waals surface area contributed by atoms with E-state index in [0.29, 0.717) is 43.2 Å². The molecular weight excluding hydrogens is 269 g/mol. The van der Waals surface area contributed by atoms with Crippen molar-refractivity contribution in [1.82, 2.24) is 4.90 Å². The summed E-state index contributed by atoms with van der Waals surface area (Å²) >= 11 is 0. The Balaban J connectivity index is 1.78. The van der Waals surface area contributed by atoms with Gasteiger partial charge in [0.15, 0.2) is 5.78 Å². The lowest BCUT2D eigenvalue weighted by Gasteiger charge is -2.17. The van der Waals surface area contributed by atoms with Gasteiger partial charge in [-0.2, -0.15) is 0 Å². The molecule has 1 aliphatic heterocycles. The molecule has 1 unspecified atom stereocenters. The summed E-state index contributed by atoms with van der Waals surface area (Å²) in [6.07, 6.45) is 1.68. The molecule has 1 aliphatic rings. The van der Waals surface area contributed by atoms with Crippen LogP contribution in [0.3, 0.4) is 0 Å². The number of carbonyl (C=O) groups excluding carboxylic acids is 2. The molecule has 1 fully saturated rings. The third-order valence-electron chi connectivity index (χ3n) is 4.19. The Hall–Kier alpha value is -1.71. The summed E-state index contributed by atoms with van der Waals surface area (Å²) in [6, 6.07) is 5.61. The van der Waals surface area contributed by atoms with Crippen LogP contribution in [0.15, 0.2) is 24.3 Å². The molecule has 1 atom stereocenters. The number of Topliss-reactive ketones (excluding diaryl/α,β-unsaturated/α-hetero) is 1. The predicted octanol–water partition coefficient (Wildman–Crippen LogP) is 3.29. The lowest BCUT2D eigenvalue weighted by Crippen LogP contribution is -2.27. The monoisotopic (exact) mass is 291 g/mol. The van der Waals surface area contributed by atoms with Gasteiger partial charge in [0.2, 0.25) is 5.91 Å². The number of amides is 1. The van der Waals surface area contributed by atoms with Crippen LogP contribution in [0.1, 0.15) is 43.5 Å². The molecule has 0 aromatic heterocycles. The molecule has 0 bridgehead atoms. The standard InChI is InChI=1S/C17H22FNO2/c1-12(2)14-10-17(21)19(11-14)9-3-4-16(20)13-5-7-15(18)8-6-13/h5-8,12,14H,3-4,9-11H2,1-2H3. The first-order chi connectivity index (χ1) is 9.97. The number of nitrogens with zero attached hydrogens (tertiary/aromatic N) is 1. The van der Waals surface area contributed by atoms with Crippen LogP contribution in [0.4, 0.5) is 4.39 Å². The van der Waals surface area contributed by atoms with E-state index in [1.807, 2.05) is 4.90 Å². The van der Waals surface area contributed by atoms with Crippen LogP contribution in [0.2, 0.25) is 0 Å². The van der Waals surface area contributed by atoms with Crippen molar-refractivity contribution < 1.29 is 14.0 Å². The SMILES string of the molecule is CC(C)C1CC(=O)N(CCCC(=O)c2ccc(F)cc2)C1. The second-order valence-electron chi connectivity index (χ2n) is 6.08. The third-order valence-corrected chi connectivity index (χ3v) is 4.19. The average Bonchev–Trinajstić information content (AvgIpc) is 2.81. The molecule has 1 amide bonds. The fourth-order valence-corrected chi connectivity index (χ4v) is 2.68. The minimum Gasteiger partial charge on any atom is -0.342 e. The lowest BCUT2D eigenvalue weighted by molar-refractivity contribution is -0.127. The zero-order valence-corrected chi connectivity index (χ0v) is 12.6. The molecule has 1 heterocycles. The Morgan fingerprint density at radius 1 is 1.33 bits per heavy atom. The van der Waals surface area contributed by atoms with Crippen molar-refractivity contribution in [2.24, 2.45) is 11.8 Å². The predicted molar refractivity (Wildman–Crippen MR) is 79.5 cm³/mol. The number of halogens is 1. The first-order valence-electron chi connectivity index (χ1n) is 7.54. The van der Waals surface area contributed by atoms with Crippen molar-refractivity contribution in [2.75, 3.05) is 13.1 Å². The molecule has 1 aromatic rings. The number of benzene rings is 1. The number of rotatable bonds is 6. The number of hydrogen-bond acceptors (Lipinski definition) is 2. The van der Waals surface area contributed by atoms with Crippen LogP contribution in [-0.2, 0) is 4.79 Å². The summed E-state index contributed by atoms with van der Waals surface area (Å²) < 4.78 is 12.8. The Labute approximate surface area is 125 Å². The van der Waals surface area contributed by atoms with E-state index in [1.54, 1.807) is 0 Å². The van der Waals surface area contributed by atoms with Gasteiger partial charge in [-0.1, -0.05) is 13.8 Å². The topological polar surface area (TPSA) is 37.4 Å².